The Balaban J connectivity index is 1.90. The molecule has 0 radical (unpaired) electrons. The third-order valence-corrected chi connectivity index (χ3v) is 3.05. The van der Waals surface area contributed by atoms with Crippen molar-refractivity contribution >= 4 is 17.3 Å². The number of nitrogen functional groups attached to an aromatic ring is 1. The van der Waals surface area contributed by atoms with Gasteiger partial charge in [0.15, 0.2) is 0 Å². The minimum absolute atomic E-state index is 0.0108. The van der Waals surface area contributed by atoms with E-state index in [4.69, 9.17) is 5.73 Å². The molecule has 0 heterocycles. The van der Waals surface area contributed by atoms with Crippen LogP contribution in [0.15, 0.2) is 24.3 Å². The van der Waals surface area contributed by atoms with Gasteiger partial charge < -0.3 is 11.1 Å². The molecule has 1 saturated carbocycles. The van der Waals surface area contributed by atoms with E-state index in [1.54, 1.807) is 6.07 Å². The van der Waals surface area contributed by atoms with Crippen molar-refractivity contribution in [2.24, 2.45) is 0 Å². The monoisotopic (exact) mass is 233 g/mol. The van der Waals surface area contributed by atoms with Gasteiger partial charge in [-0.25, -0.2) is 0 Å². The lowest BCUT2D eigenvalue weighted by atomic mass is 10.2. The predicted octanol–water partition coefficient (Wildman–Crippen LogP) is 1.69. The number of hydrogen-bond acceptors (Lipinski definition) is 3. The lowest BCUT2D eigenvalue weighted by molar-refractivity contribution is -0.117. The molecule has 1 aliphatic carbocycles. The minimum atomic E-state index is 0.0108. The van der Waals surface area contributed by atoms with E-state index in [-0.39, 0.29) is 5.91 Å². The van der Waals surface area contributed by atoms with Crippen LogP contribution < -0.4 is 11.1 Å². The summed E-state index contributed by atoms with van der Waals surface area (Å²) in [5.74, 6) is 0.0108. The second-order valence-electron chi connectivity index (χ2n) is 4.43. The van der Waals surface area contributed by atoms with E-state index < -0.39 is 0 Å². The molecule has 0 aromatic heterocycles. The number of amides is 1. The average Bonchev–Trinajstić information content (AvgIpc) is 3.13. The van der Waals surface area contributed by atoms with Gasteiger partial charge in [-0.05, 0) is 31.5 Å². The quantitative estimate of drug-likeness (QED) is 0.761. The standard InChI is InChI=1S/C13H19N3O/c1-2-16(10-7-8-10)9-13(17)15-12-6-4-3-5-11(12)14/h3-6,10H,2,7-9,14H2,1H3,(H,15,17). The predicted molar refractivity (Wildman–Crippen MR) is 69.8 cm³/mol. The molecule has 1 aromatic carbocycles. The number of benzene rings is 1. The molecular formula is C13H19N3O. The molecule has 3 N–H and O–H groups in total. The number of nitrogens with two attached hydrogens (primary N) is 1. The fourth-order valence-electron chi connectivity index (χ4n) is 1.92. The number of rotatable bonds is 5. The number of nitrogens with one attached hydrogen (secondary N) is 1. The van der Waals surface area contributed by atoms with E-state index in [9.17, 15) is 4.79 Å². The summed E-state index contributed by atoms with van der Waals surface area (Å²) in [6.45, 7) is 3.46. The molecule has 0 spiro atoms. The van der Waals surface area contributed by atoms with E-state index in [0.29, 0.717) is 24.0 Å². The third-order valence-electron chi connectivity index (χ3n) is 3.05. The lowest BCUT2D eigenvalue weighted by Gasteiger charge is -2.19. The van der Waals surface area contributed by atoms with E-state index in [2.05, 4.69) is 17.1 Å². The van der Waals surface area contributed by atoms with Gasteiger partial charge in [-0.1, -0.05) is 19.1 Å². The van der Waals surface area contributed by atoms with Gasteiger partial charge in [-0.15, -0.1) is 0 Å². The highest BCUT2D eigenvalue weighted by Crippen LogP contribution is 2.26. The van der Waals surface area contributed by atoms with Gasteiger partial charge in [0.25, 0.3) is 0 Å². The smallest absolute Gasteiger partial charge is 0.238 e. The van der Waals surface area contributed by atoms with Crippen LogP contribution in [-0.4, -0.2) is 29.9 Å². The SMILES string of the molecule is CCN(CC(=O)Nc1ccccc1N)C1CC1. The van der Waals surface area contributed by atoms with Crippen LogP contribution in [0, 0.1) is 0 Å². The van der Waals surface area contributed by atoms with Crippen LogP contribution in [0.2, 0.25) is 0 Å². The molecule has 2 rings (SSSR count). The molecule has 1 aliphatic rings. The Hall–Kier alpha value is -1.55. The molecule has 0 bridgehead atoms. The van der Waals surface area contributed by atoms with Crippen LogP contribution in [0.5, 0.6) is 0 Å². The molecule has 4 heteroatoms. The van der Waals surface area contributed by atoms with Crippen molar-refractivity contribution in [3.05, 3.63) is 24.3 Å². The maximum Gasteiger partial charge on any atom is 0.238 e. The second-order valence-corrected chi connectivity index (χ2v) is 4.43. The maximum atomic E-state index is 11.9. The van der Waals surface area contributed by atoms with Crippen molar-refractivity contribution in [1.82, 2.24) is 4.90 Å². The van der Waals surface area contributed by atoms with E-state index >= 15 is 0 Å². The molecule has 4 nitrogen and oxygen atoms in total. The third kappa shape index (κ3) is 3.20. The van der Waals surface area contributed by atoms with Crippen molar-refractivity contribution < 1.29 is 4.79 Å². The zero-order valence-electron chi connectivity index (χ0n) is 10.1. The van der Waals surface area contributed by atoms with Gasteiger partial charge in [-0.2, -0.15) is 0 Å². The topological polar surface area (TPSA) is 58.4 Å². The van der Waals surface area contributed by atoms with Crippen LogP contribution in [0.25, 0.3) is 0 Å². The number of para-hydroxylation sites is 2. The maximum absolute atomic E-state index is 11.9. The minimum Gasteiger partial charge on any atom is -0.397 e. The number of carbonyl (C=O) groups is 1. The van der Waals surface area contributed by atoms with Gasteiger partial charge in [0.2, 0.25) is 5.91 Å². The normalized spacial score (nSPS) is 14.9. The number of nitrogens with zero attached hydrogens (tertiary/aromatic N) is 1. The van der Waals surface area contributed by atoms with E-state index in [1.807, 2.05) is 18.2 Å². The molecule has 0 aliphatic heterocycles. The van der Waals surface area contributed by atoms with Gasteiger partial charge >= 0.3 is 0 Å². The van der Waals surface area contributed by atoms with Crippen LogP contribution >= 0.6 is 0 Å². The first-order valence-corrected chi connectivity index (χ1v) is 6.09. The molecule has 1 fully saturated rings. The summed E-state index contributed by atoms with van der Waals surface area (Å²) < 4.78 is 0. The number of likely N-dealkylation sites (N-methyl/N-ethyl adjacent to an activating group) is 1. The number of anilines is 2. The summed E-state index contributed by atoms with van der Waals surface area (Å²) in [4.78, 5) is 14.1. The summed E-state index contributed by atoms with van der Waals surface area (Å²) >= 11 is 0. The van der Waals surface area contributed by atoms with Gasteiger partial charge in [0, 0.05) is 6.04 Å². The fourth-order valence-corrected chi connectivity index (χ4v) is 1.92. The zero-order valence-corrected chi connectivity index (χ0v) is 10.1. The first kappa shape index (κ1) is 11.9. The van der Waals surface area contributed by atoms with Gasteiger partial charge in [0.05, 0.1) is 17.9 Å². The summed E-state index contributed by atoms with van der Waals surface area (Å²) in [6.07, 6.45) is 2.43. The molecule has 1 amide bonds. The summed E-state index contributed by atoms with van der Waals surface area (Å²) in [5.41, 5.74) is 7.08. The van der Waals surface area contributed by atoms with Crippen LogP contribution in [0.1, 0.15) is 19.8 Å². The van der Waals surface area contributed by atoms with Crippen molar-refractivity contribution in [3.8, 4) is 0 Å². The van der Waals surface area contributed by atoms with Gasteiger partial charge in [0.1, 0.15) is 0 Å². The highest BCUT2D eigenvalue weighted by molar-refractivity contribution is 5.95. The Morgan fingerprint density at radius 1 is 1.47 bits per heavy atom. The van der Waals surface area contributed by atoms with E-state index in [0.717, 1.165) is 6.54 Å². The Labute approximate surface area is 102 Å². The Morgan fingerprint density at radius 2 is 2.18 bits per heavy atom. The zero-order chi connectivity index (χ0) is 12.3. The van der Waals surface area contributed by atoms with Crippen molar-refractivity contribution in [1.29, 1.82) is 0 Å². The molecule has 1 aromatic rings. The van der Waals surface area contributed by atoms with Gasteiger partial charge in [-0.3, -0.25) is 9.69 Å². The Bertz CT molecular complexity index is 401. The summed E-state index contributed by atoms with van der Waals surface area (Å²) in [5, 5.41) is 2.85. The highest BCUT2D eigenvalue weighted by atomic mass is 16.2. The number of carbonyl (C=O) groups excluding carboxylic acids is 1. The van der Waals surface area contributed by atoms with Crippen molar-refractivity contribution in [2.75, 3.05) is 24.1 Å². The first-order chi connectivity index (χ1) is 8.20. The van der Waals surface area contributed by atoms with Crippen molar-refractivity contribution in [3.63, 3.8) is 0 Å². The van der Waals surface area contributed by atoms with E-state index in [1.165, 1.54) is 12.8 Å². The molecule has 0 atom stereocenters. The molecule has 17 heavy (non-hydrogen) atoms. The molecule has 0 unspecified atom stereocenters. The fraction of sp³-hybridized carbons (Fsp3) is 0.462. The first-order valence-electron chi connectivity index (χ1n) is 6.09. The average molecular weight is 233 g/mol. The summed E-state index contributed by atoms with van der Waals surface area (Å²) in [7, 11) is 0. The number of hydrogen-bond donors (Lipinski definition) is 2. The highest BCUT2D eigenvalue weighted by Gasteiger charge is 2.28. The van der Waals surface area contributed by atoms with Crippen molar-refractivity contribution in [2.45, 2.75) is 25.8 Å². The van der Waals surface area contributed by atoms with Crippen LogP contribution in [0.4, 0.5) is 11.4 Å². The second kappa shape index (κ2) is 5.19. The Kier molecular flexibility index (Phi) is 3.64. The largest absolute Gasteiger partial charge is 0.397 e. The molecular weight excluding hydrogens is 214 g/mol. The molecule has 92 valence electrons. The lowest BCUT2D eigenvalue weighted by Crippen LogP contribution is -2.34. The van der Waals surface area contributed by atoms with Crippen LogP contribution in [-0.2, 0) is 4.79 Å². The van der Waals surface area contributed by atoms with Crippen LogP contribution in [0.3, 0.4) is 0 Å². The molecule has 0 saturated heterocycles. The summed E-state index contributed by atoms with van der Waals surface area (Å²) in [6, 6.07) is 7.94. The Morgan fingerprint density at radius 3 is 2.76 bits per heavy atom.